The maximum atomic E-state index is 11.9. The summed E-state index contributed by atoms with van der Waals surface area (Å²) in [5, 5.41) is 8.83. The summed E-state index contributed by atoms with van der Waals surface area (Å²) in [5.74, 6) is -0.00934. The lowest BCUT2D eigenvalue weighted by atomic mass is 10.2. The average Bonchev–Trinajstić information content (AvgIpc) is 3.02. The second kappa shape index (κ2) is 7.67. The third-order valence-electron chi connectivity index (χ3n) is 3.40. The van der Waals surface area contributed by atoms with Crippen LogP contribution in [0.2, 0.25) is 0 Å². The number of carbonyl (C=O) groups excluding carboxylic acids is 1. The van der Waals surface area contributed by atoms with Crippen LogP contribution in [0.15, 0.2) is 64.2 Å². The van der Waals surface area contributed by atoms with Crippen LogP contribution in [0, 0.1) is 6.92 Å². The molecule has 0 saturated heterocycles. The molecule has 0 aliphatic rings. The molecule has 0 amide bonds. The van der Waals surface area contributed by atoms with Gasteiger partial charge in [0, 0.05) is 6.07 Å². The number of hydrogen-bond donors (Lipinski definition) is 0. The first-order valence-electron chi connectivity index (χ1n) is 7.61. The Hall–Kier alpha value is -2.71. The number of carbonyl (C=O) groups is 1. The summed E-state index contributed by atoms with van der Waals surface area (Å²) in [6, 6.07) is 12.8. The van der Waals surface area contributed by atoms with Crippen molar-refractivity contribution in [3.05, 3.63) is 59.5 Å². The smallest absolute Gasteiger partial charge is 0.243 e. The molecule has 0 aliphatic heterocycles. The summed E-state index contributed by atoms with van der Waals surface area (Å²) in [6.45, 7) is 6.76. The minimum Gasteiger partial charge on any atom is -0.397 e. The van der Waals surface area contributed by atoms with Crippen LogP contribution >= 0.6 is 11.3 Å². The highest BCUT2D eigenvalue weighted by molar-refractivity contribution is 7.85. The fourth-order valence-corrected chi connectivity index (χ4v) is 3.38. The summed E-state index contributed by atoms with van der Waals surface area (Å²) < 4.78 is 18.0. The van der Waals surface area contributed by atoms with Crippen molar-refractivity contribution in [2.45, 2.75) is 13.8 Å². The molecule has 3 rings (SSSR count). The first-order valence-corrected chi connectivity index (χ1v) is 9.50. The average molecular weight is 385 g/mol. The number of azo groups is 1. The third-order valence-corrected chi connectivity index (χ3v) is 5.34. The molecule has 1 aromatic heterocycles. The van der Waals surface area contributed by atoms with Crippen LogP contribution in [0.1, 0.15) is 12.5 Å². The number of Topliss-reactive ketones (excluding diaryl/α,β-unsaturated/α-hetero) is 1. The van der Waals surface area contributed by atoms with E-state index in [2.05, 4.69) is 21.8 Å². The topological polar surface area (TPSA) is 81.0 Å². The molecule has 1 atom stereocenters. The van der Waals surface area contributed by atoms with Gasteiger partial charge in [0.1, 0.15) is 10.7 Å². The second-order valence-electron chi connectivity index (χ2n) is 5.46. The number of benzene rings is 2. The van der Waals surface area contributed by atoms with Crippen LogP contribution in [0.4, 0.5) is 10.8 Å². The molecule has 0 bridgehead atoms. The van der Waals surface area contributed by atoms with E-state index in [1.807, 2.05) is 31.2 Å². The van der Waals surface area contributed by atoms with Gasteiger partial charge in [-0.05, 0) is 38.1 Å². The molecule has 0 radical (unpaired) electrons. The number of thiazole rings is 1. The molecule has 6 nitrogen and oxygen atoms in total. The molecule has 0 fully saturated rings. The Morgan fingerprint density at radius 2 is 1.92 bits per heavy atom. The number of aromatic nitrogens is 1. The van der Waals surface area contributed by atoms with Gasteiger partial charge in [0.05, 0.1) is 15.9 Å². The highest BCUT2D eigenvalue weighted by atomic mass is 32.2. The van der Waals surface area contributed by atoms with Gasteiger partial charge in [0.25, 0.3) is 0 Å². The van der Waals surface area contributed by atoms with E-state index in [9.17, 15) is 9.00 Å². The van der Waals surface area contributed by atoms with Gasteiger partial charge in [-0.2, -0.15) is 0 Å². The summed E-state index contributed by atoms with van der Waals surface area (Å²) >= 11 is -0.578. The van der Waals surface area contributed by atoms with Crippen molar-refractivity contribution in [1.82, 2.24) is 4.98 Å². The Morgan fingerprint density at radius 1 is 1.19 bits per heavy atom. The van der Waals surface area contributed by atoms with Crippen LogP contribution in [0.5, 0.6) is 5.75 Å². The molecule has 3 aromatic rings. The van der Waals surface area contributed by atoms with Gasteiger partial charge in [-0.3, -0.25) is 4.79 Å². The van der Waals surface area contributed by atoms with E-state index in [1.54, 1.807) is 18.2 Å². The molecular formula is C18H15N3O3S2. The summed E-state index contributed by atoms with van der Waals surface area (Å²) in [7, 11) is 0. The highest BCUT2D eigenvalue weighted by Gasteiger charge is 2.13. The van der Waals surface area contributed by atoms with Crippen LogP contribution in [0.3, 0.4) is 0 Å². The SMILES string of the molecule is C=C(C(C)=O)S(=O)Oc1ccc2nc(N=Nc3ccc(C)cc3)sc2c1. The normalized spacial score (nSPS) is 12.4. The number of nitrogens with zero attached hydrogens (tertiary/aromatic N) is 3. The van der Waals surface area contributed by atoms with Gasteiger partial charge in [-0.15, -0.1) is 10.2 Å². The molecule has 2 aromatic carbocycles. The maximum absolute atomic E-state index is 11.9. The molecule has 0 saturated carbocycles. The Kier molecular flexibility index (Phi) is 5.34. The summed E-state index contributed by atoms with van der Waals surface area (Å²) in [6.07, 6.45) is 0. The fourth-order valence-electron chi connectivity index (χ4n) is 1.95. The Bertz CT molecular complexity index is 1040. The highest BCUT2D eigenvalue weighted by Crippen LogP contribution is 2.32. The molecule has 8 heteroatoms. The summed E-state index contributed by atoms with van der Waals surface area (Å²) in [4.78, 5) is 15.5. The van der Waals surface area contributed by atoms with Gasteiger partial charge >= 0.3 is 0 Å². The molecule has 26 heavy (non-hydrogen) atoms. The van der Waals surface area contributed by atoms with E-state index in [1.165, 1.54) is 18.3 Å². The van der Waals surface area contributed by atoms with Crippen molar-refractivity contribution >= 4 is 49.2 Å². The monoisotopic (exact) mass is 385 g/mol. The summed E-state index contributed by atoms with van der Waals surface area (Å²) in [5.41, 5.74) is 2.63. The number of allylic oxidation sites excluding steroid dienone is 1. The second-order valence-corrected chi connectivity index (χ2v) is 7.60. The Balaban J connectivity index is 1.79. The lowest BCUT2D eigenvalue weighted by molar-refractivity contribution is -0.113. The van der Waals surface area contributed by atoms with Crippen molar-refractivity contribution in [2.24, 2.45) is 10.2 Å². The number of fused-ring (bicyclic) bond motifs is 1. The van der Waals surface area contributed by atoms with Gasteiger partial charge in [0.2, 0.25) is 16.2 Å². The minimum atomic E-state index is -1.91. The lowest BCUT2D eigenvalue weighted by Gasteiger charge is -2.04. The lowest BCUT2D eigenvalue weighted by Crippen LogP contribution is -2.08. The molecular weight excluding hydrogens is 370 g/mol. The van der Waals surface area contributed by atoms with E-state index < -0.39 is 11.1 Å². The number of ketones is 1. The van der Waals surface area contributed by atoms with Crippen molar-refractivity contribution in [3.63, 3.8) is 0 Å². The molecule has 0 N–H and O–H groups in total. The van der Waals surface area contributed by atoms with E-state index in [0.717, 1.165) is 21.5 Å². The van der Waals surface area contributed by atoms with E-state index in [0.29, 0.717) is 10.9 Å². The van der Waals surface area contributed by atoms with Gasteiger partial charge in [0.15, 0.2) is 5.78 Å². The van der Waals surface area contributed by atoms with Crippen LogP contribution in [-0.4, -0.2) is 15.0 Å². The van der Waals surface area contributed by atoms with Gasteiger partial charge in [-0.1, -0.05) is 35.6 Å². The fraction of sp³-hybridized carbons (Fsp3) is 0.111. The number of rotatable bonds is 6. The first-order chi connectivity index (χ1) is 12.4. The molecule has 1 heterocycles. The van der Waals surface area contributed by atoms with Crippen LogP contribution < -0.4 is 4.18 Å². The predicted octanol–water partition coefficient (Wildman–Crippen LogP) is 5.17. The standard InChI is InChI=1S/C18H15N3O3S2/c1-11-4-6-14(7-5-11)20-21-18-19-16-9-8-15(10-17(16)25-18)24-26(23)13(3)12(2)22/h4-10H,3H2,1-2H3. The van der Waals surface area contributed by atoms with E-state index in [-0.39, 0.29) is 10.7 Å². The first kappa shape index (κ1) is 18.1. The largest absolute Gasteiger partial charge is 0.397 e. The zero-order chi connectivity index (χ0) is 18.7. The van der Waals surface area contributed by atoms with Crippen molar-refractivity contribution < 1.29 is 13.2 Å². The molecule has 132 valence electrons. The number of hydrogen-bond acceptors (Lipinski definition) is 7. The van der Waals surface area contributed by atoms with Gasteiger partial charge in [-0.25, -0.2) is 9.19 Å². The van der Waals surface area contributed by atoms with Crippen molar-refractivity contribution in [1.29, 1.82) is 0 Å². The molecule has 1 unspecified atom stereocenters. The van der Waals surface area contributed by atoms with Crippen molar-refractivity contribution in [3.8, 4) is 5.75 Å². The van der Waals surface area contributed by atoms with Crippen LogP contribution in [0.25, 0.3) is 10.2 Å². The number of aryl methyl sites for hydroxylation is 1. The zero-order valence-electron chi connectivity index (χ0n) is 14.1. The van der Waals surface area contributed by atoms with E-state index >= 15 is 0 Å². The molecule has 0 aliphatic carbocycles. The molecule has 0 spiro atoms. The Morgan fingerprint density at radius 3 is 2.62 bits per heavy atom. The Labute approximate surface area is 156 Å². The third kappa shape index (κ3) is 4.27. The quantitative estimate of drug-likeness (QED) is 0.433. The predicted molar refractivity (Wildman–Crippen MR) is 104 cm³/mol. The maximum Gasteiger partial charge on any atom is 0.243 e. The van der Waals surface area contributed by atoms with Crippen LogP contribution in [-0.2, 0) is 15.9 Å². The zero-order valence-corrected chi connectivity index (χ0v) is 15.8. The van der Waals surface area contributed by atoms with Crippen molar-refractivity contribution in [2.75, 3.05) is 0 Å². The van der Waals surface area contributed by atoms with E-state index in [4.69, 9.17) is 4.18 Å². The minimum absolute atomic E-state index is 0.0815. The van der Waals surface area contributed by atoms with Gasteiger partial charge < -0.3 is 4.18 Å².